The van der Waals surface area contributed by atoms with Gasteiger partial charge in [0.15, 0.2) is 5.65 Å². The third-order valence-corrected chi connectivity index (χ3v) is 7.50. The van der Waals surface area contributed by atoms with Gasteiger partial charge in [-0.05, 0) is 56.8 Å². The van der Waals surface area contributed by atoms with E-state index in [0.717, 1.165) is 74.2 Å². The zero-order valence-electron chi connectivity index (χ0n) is 18.7. The number of halogens is 2. The summed E-state index contributed by atoms with van der Waals surface area (Å²) in [6, 6.07) is 5.38. The molecule has 0 spiro atoms. The van der Waals surface area contributed by atoms with Crippen LogP contribution in [0.5, 0.6) is 0 Å². The van der Waals surface area contributed by atoms with Crippen molar-refractivity contribution >= 4 is 40.3 Å². The van der Waals surface area contributed by atoms with Crippen molar-refractivity contribution in [2.75, 3.05) is 19.6 Å². The standard InChI is InChI=1S/C24H28Cl2N6O/c1-15(18-6-5-17(25)12-19(18)26)32-23-22(14-29-32)28-13-21(30-23)16-7-10-31(11-8-16)24(33)20-4-2-3-9-27-20/h5-6,12-16,20,27H,2-4,7-11H2,1H3/t15-,20+/m0/s1. The fourth-order valence-electron chi connectivity index (χ4n) is 4.96. The number of carbonyl (C=O) groups is 1. The number of piperidine rings is 2. The van der Waals surface area contributed by atoms with Gasteiger partial charge < -0.3 is 10.2 Å². The second kappa shape index (κ2) is 9.57. The molecule has 33 heavy (non-hydrogen) atoms. The van der Waals surface area contributed by atoms with Gasteiger partial charge in [0.1, 0.15) is 5.52 Å². The van der Waals surface area contributed by atoms with E-state index in [2.05, 4.69) is 15.4 Å². The van der Waals surface area contributed by atoms with E-state index in [1.807, 2.05) is 34.8 Å². The fraction of sp³-hybridized carbons (Fsp3) is 0.500. The summed E-state index contributed by atoms with van der Waals surface area (Å²) in [7, 11) is 0. The third-order valence-electron chi connectivity index (χ3n) is 6.93. The Balaban J connectivity index is 1.32. The Labute approximate surface area is 203 Å². The summed E-state index contributed by atoms with van der Waals surface area (Å²) in [5.41, 5.74) is 3.39. The van der Waals surface area contributed by atoms with Crippen LogP contribution in [0.1, 0.15) is 62.2 Å². The molecule has 2 aliphatic heterocycles. The molecule has 1 N–H and O–H groups in total. The monoisotopic (exact) mass is 486 g/mol. The van der Waals surface area contributed by atoms with Crippen LogP contribution in [-0.4, -0.2) is 56.2 Å². The smallest absolute Gasteiger partial charge is 0.239 e. The van der Waals surface area contributed by atoms with Crippen LogP contribution in [-0.2, 0) is 4.79 Å². The lowest BCUT2D eigenvalue weighted by Crippen LogP contribution is -2.50. The molecule has 0 unspecified atom stereocenters. The largest absolute Gasteiger partial charge is 0.341 e. The molecular formula is C24H28Cl2N6O. The summed E-state index contributed by atoms with van der Waals surface area (Å²) in [4.78, 5) is 24.5. The number of rotatable bonds is 4. The first-order chi connectivity index (χ1) is 16.0. The number of nitrogens with one attached hydrogen (secondary N) is 1. The maximum atomic E-state index is 12.8. The molecule has 9 heteroatoms. The molecule has 2 fully saturated rings. The highest BCUT2D eigenvalue weighted by molar-refractivity contribution is 6.35. The minimum absolute atomic E-state index is 0.0121. The van der Waals surface area contributed by atoms with Gasteiger partial charge in [0.25, 0.3) is 0 Å². The second-order valence-electron chi connectivity index (χ2n) is 9.04. The van der Waals surface area contributed by atoms with Crippen LogP contribution in [0.25, 0.3) is 11.2 Å². The fourth-order valence-corrected chi connectivity index (χ4v) is 5.53. The number of nitrogens with zero attached hydrogens (tertiary/aromatic N) is 5. The summed E-state index contributed by atoms with van der Waals surface area (Å²) in [6.07, 6.45) is 8.62. The van der Waals surface area contributed by atoms with Crippen molar-refractivity contribution in [2.24, 2.45) is 0 Å². The number of likely N-dealkylation sites (tertiary alicyclic amines) is 1. The summed E-state index contributed by atoms with van der Waals surface area (Å²) in [6.45, 7) is 4.50. The number of amides is 1. The Hall–Kier alpha value is -2.22. The normalized spacial score (nSPS) is 20.8. The van der Waals surface area contributed by atoms with Crippen LogP contribution in [0.15, 0.2) is 30.6 Å². The minimum atomic E-state index is -0.112. The van der Waals surface area contributed by atoms with Crippen LogP contribution < -0.4 is 5.32 Å². The maximum absolute atomic E-state index is 12.8. The topological polar surface area (TPSA) is 75.9 Å². The molecule has 4 heterocycles. The van der Waals surface area contributed by atoms with Crippen molar-refractivity contribution < 1.29 is 4.79 Å². The number of fused-ring (bicyclic) bond motifs is 1. The van der Waals surface area contributed by atoms with Crippen molar-refractivity contribution in [1.82, 2.24) is 30.0 Å². The molecule has 174 valence electrons. The van der Waals surface area contributed by atoms with Gasteiger partial charge in [-0.1, -0.05) is 35.7 Å². The van der Waals surface area contributed by atoms with Crippen LogP contribution in [0.4, 0.5) is 0 Å². The molecule has 5 rings (SSSR count). The SMILES string of the molecule is C[C@@H](c1ccc(Cl)cc1Cl)n1ncc2ncc(C3CCN(C(=O)[C@H]4CCCCN4)CC3)nc21. The van der Waals surface area contributed by atoms with Gasteiger partial charge in [-0.3, -0.25) is 4.79 Å². The van der Waals surface area contributed by atoms with E-state index in [0.29, 0.717) is 10.0 Å². The zero-order chi connectivity index (χ0) is 22.9. The molecule has 2 atom stereocenters. The average Bonchev–Trinajstić information content (AvgIpc) is 3.27. The van der Waals surface area contributed by atoms with Crippen LogP contribution >= 0.6 is 23.2 Å². The third kappa shape index (κ3) is 4.59. The van der Waals surface area contributed by atoms with E-state index in [4.69, 9.17) is 28.2 Å². The molecule has 2 aliphatic rings. The Morgan fingerprint density at radius 2 is 1.97 bits per heavy atom. The molecule has 1 aromatic carbocycles. The van der Waals surface area contributed by atoms with E-state index < -0.39 is 0 Å². The molecule has 0 aliphatic carbocycles. The van der Waals surface area contributed by atoms with Crippen LogP contribution in [0, 0.1) is 0 Å². The first-order valence-corrected chi connectivity index (χ1v) is 12.4. The van der Waals surface area contributed by atoms with Gasteiger partial charge >= 0.3 is 0 Å². The predicted octanol–water partition coefficient (Wildman–Crippen LogP) is 4.59. The van der Waals surface area contributed by atoms with Crippen LogP contribution in [0.2, 0.25) is 10.0 Å². The Morgan fingerprint density at radius 3 is 2.70 bits per heavy atom. The highest BCUT2D eigenvalue weighted by Crippen LogP contribution is 2.31. The number of hydrogen-bond donors (Lipinski definition) is 1. The first-order valence-electron chi connectivity index (χ1n) is 11.7. The summed E-state index contributed by atoms with van der Waals surface area (Å²) < 4.78 is 1.87. The molecule has 1 amide bonds. The Morgan fingerprint density at radius 1 is 1.15 bits per heavy atom. The lowest BCUT2D eigenvalue weighted by atomic mass is 9.93. The van der Waals surface area contributed by atoms with Crippen LogP contribution in [0.3, 0.4) is 0 Å². The molecule has 2 aromatic heterocycles. The molecular weight excluding hydrogens is 459 g/mol. The highest BCUT2D eigenvalue weighted by Gasteiger charge is 2.30. The number of aromatic nitrogens is 4. The van der Waals surface area contributed by atoms with E-state index in [1.165, 1.54) is 0 Å². The van der Waals surface area contributed by atoms with Gasteiger partial charge in [0.05, 0.1) is 24.0 Å². The summed E-state index contributed by atoms with van der Waals surface area (Å²) in [5.74, 6) is 0.532. The molecule has 0 radical (unpaired) electrons. The molecule has 7 nitrogen and oxygen atoms in total. The number of hydrogen-bond acceptors (Lipinski definition) is 5. The van der Waals surface area contributed by atoms with Gasteiger partial charge in [-0.2, -0.15) is 5.10 Å². The average molecular weight is 487 g/mol. The van der Waals surface area contributed by atoms with Gasteiger partial charge in [0, 0.05) is 35.2 Å². The summed E-state index contributed by atoms with van der Waals surface area (Å²) in [5, 5.41) is 9.13. The maximum Gasteiger partial charge on any atom is 0.239 e. The predicted molar refractivity (Wildman–Crippen MR) is 130 cm³/mol. The Bertz CT molecular complexity index is 1150. The number of carbonyl (C=O) groups excluding carboxylic acids is 1. The van der Waals surface area contributed by atoms with Gasteiger partial charge in [-0.15, -0.1) is 0 Å². The van der Waals surface area contributed by atoms with E-state index in [-0.39, 0.29) is 23.9 Å². The molecule has 0 bridgehead atoms. The summed E-state index contributed by atoms with van der Waals surface area (Å²) >= 11 is 12.5. The van der Waals surface area contributed by atoms with Crippen molar-refractivity contribution in [3.63, 3.8) is 0 Å². The van der Waals surface area contributed by atoms with E-state index in [1.54, 1.807) is 12.3 Å². The van der Waals surface area contributed by atoms with Crippen molar-refractivity contribution in [2.45, 2.75) is 57.0 Å². The minimum Gasteiger partial charge on any atom is -0.341 e. The van der Waals surface area contributed by atoms with Crippen molar-refractivity contribution in [3.8, 4) is 0 Å². The number of benzene rings is 1. The van der Waals surface area contributed by atoms with Gasteiger partial charge in [-0.25, -0.2) is 14.6 Å². The second-order valence-corrected chi connectivity index (χ2v) is 9.88. The molecule has 0 saturated carbocycles. The van der Waals surface area contributed by atoms with E-state index >= 15 is 0 Å². The highest BCUT2D eigenvalue weighted by atomic mass is 35.5. The van der Waals surface area contributed by atoms with E-state index in [9.17, 15) is 4.79 Å². The first kappa shape index (κ1) is 22.6. The lowest BCUT2D eigenvalue weighted by Gasteiger charge is -2.35. The lowest BCUT2D eigenvalue weighted by molar-refractivity contribution is -0.135. The zero-order valence-corrected chi connectivity index (χ0v) is 20.2. The Kier molecular flexibility index (Phi) is 6.54. The molecule has 2 saturated heterocycles. The van der Waals surface area contributed by atoms with Gasteiger partial charge in [0.2, 0.25) is 5.91 Å². The molecule has 3 aromatic rings. The van der Waals surface area contributed by atoms with Crippen molar-refractivity contribution in [1.29, 1.82) is 0 Å². The van der Waals surface area contributed by atoms with Crippen molar-refractivity contribution in [3.05, 3.63) is 51.9 Å². The quantitative estimate of drug-likeness (QED) is 0.583.